The first-order valence-electron chi connectivity index (χ1n) is 5.61. The van der Waals surface area contributed by atoms with Crippen LogP contribution in [-0.2, 0) is 6.61 Å². The number of ether oxygens (including phenoxy) is 1. The Morgan fingerprint density at radius 3 is 2.67 bits per heavy atom. The molecule has 0 aliphatic heterocycles. The van der Waals surface area contributed by atoms with Crippen LogP contribution in [-0.4, -0.2) is 16.4 Å². The number of aromatic nitrogens is 1. The highest BCUT2D eigenvalue weighted by Gasteiger charge is 2.01. The lowest BCUT2D eigenvalue weighted by atomic mass is 10.2. The minimum atomic E-state index is 0.487. The number of aryl methyl sites for hydroxylation is 1. The van der Waals surface area contributed by atoms with Gasteiger partial charge in [-0.15, -0.1) is 0 Å². The standard InChI is InChI=1S/C14H14N2O2/c1-11-13(9-15-17)7-8-14(16-11)18-10-12-5-3-2-4-6-12/h2-9,17H,10H2,1H3. The third-order valence-corrected chi connectivity index (χ3v) is 2.53. The Kier molecular flexibility index (Phi) is 3.91. The van der Waals surface area contributed by atoms with Crippen molar-refractivity contribution in [3.8, 4) is 5.88 Å². The summed E-state index contributed by atoms with van der Waals surface area (Å²) in [5, 5.41) is 11.5. The van der Waals surface area contributed by atoms with Crippen molar-refractivity contribution in [1.82, 2.24) is 4.98 Å². The molecule has 0 bridgehead atoms. The van der Waals surface area contributed by atoms with E-state index in [9.17, 15) is 0 Å². The average Bonchev–Trinajstić information content (AvgIpc) is 2.41. The molecule has 0 fully saturated rings. The van der Waals surface area contributed by atoms with Crippen LogP contribution in [0.4, 0.5) is 0 Å². The first-order chi connectivity index (χ1) is 8.79. The van der Waals surface area contributed by atoms with E-state index >= 15 is 0 Å². The van der Waals surface area contributed by atoms with E-state index in [1.807, 2.05) is 43.3 Å². The third kappa shape index (κ3) is 3.07. The molecule has 4 heteroatoms. The van der Waals surface area contributed by atoms with Gasteiger partial charge >= 0.3 is 0 Å². The Morgan fingerprint density at radius 1 is 1.22 bits per heavy atom. The molecule has 0 amide bonds. The second-order valence-electron chi connectivity index (χ2n) is 3.84. The molecule has 1 aromatic carbocycles. The molecule has 2 aromatic rings. The van der Waals surface area contributed by atoms with Crippen LogP contribution in [0.1, 0.15) is 16.8 Å². The summed E-state index contributed by atoms with van der Waals surface area (Å²) in [6.45, 7) is 2.33. The van der Waals surface area contributed by atoms with E-state index in [-0.39, 0.29) is 0 Å². The van der Waals surface area contributed by atoms with E-state index in [1.54, 1.807) is 6.07 Å². The van der Waals surface area contributed by atoms with Gasteiger partial charge in [0.25, 0.3) is 0 Å². The maximum absolute atomic E-state index is 8.48. The van der Waals surface area contributed by atoms with Crippen molar-refractivity contribution in [1.29, 1.82) is 0 Å². The summed E-state index contributed by atoms with van der Waals surface area (Å²) in [5.41, 5.74) is 2.63. The fourth-order valence-electron chi connectivity index (χ4n) is 1.56. The number of nitrogens with zero attached hydrogens (tertiary/aromatic N) is 2. The number of oxime groups is 1. The van der Waals surface area contributed by atoms with Crippen molar-refractivity contribution in [2.45, 2.75) is 13.5 Å². The van der Waals surface area contributed by atoms with Crippen molar-refractivity contribution in [2.24, 2.45) is 5.16 Å². The van der Waals surface area contributed by atoms with E-state index in [0.717, 1.165) is 16.8 Å². The number of hydrogen-bond donors (Lipinski definition) is 1. The minimum Gasteiger partial charge on any atom is -0.473 e. The molecule has 0 saturated carbocycles. The molecule has 2 rings (SSSR count). The fraction of sp³-hybridized carbons (Fsp3) is 0.143. The van der Waals surface area contributed by atoms with Gasteiger partial charge in [0.05, 0.1) is 11.9 Å². The Morgan fingerprint density at radius 2 is 2.00 bits per heavy atom. The summed E-state index contributed by atoms with van der Waals surface area (Å²) in [4.78, 5) is 4.28. The lowest BCUT2D eigenvalue weighted by Crippen LogP contribution is -1.99. The minimum absolute atomic E-state index is 0.487. The molecule has 0 atom stereocenters. The van der Waals surface area contributed by atoms with E-state index in [2.05, 4.69) is 10.1 Å². The van der Waals surface area contributed by atoms with E-state index in [0.29, 0.717) is 12.5 Å². The summed E-state index contributed by atoms with van der Waals surface area (Å²) in [7, 11) is 0. The smallest absolute Gasteiger partial charge is 0.213 e. The monoisotopic (exact) mass is 242 g/mol. The van der Waals surface area contributed by atoms with Gasteiger partial charge in [0.15, 0.2) is 0 Å². The molecular weight excluding hydrogens is 228 g/mol. The van der Waals surface area contributed by atoms with Gasteiger partial charge in [-0.1, -0.05) is 35.5 Å². The van der Waals surface area contributed by atoms with Crippen molar-refractivity contribution < 1.29 is 9.94 Å². The van der Waals surface area contributed by atoms with Crippen LogP contribution in [0.5, 0.6) is 5.88 Å². The quantitative estimate of drug-likeness (QED) is 0.509. The predicted octanol–water partition coefficient (Wildman–Crippen LogP) is 2.78. The third-order valence-electron chi connectivity index (χ3n) is 2.53. The van der Waals surface area contributed by atoms with E-state index < -0.39 is 0 Å². The largest absolute Gasteiger partial charge is 0.473 e. The lowest BCUT2D eigenvalue weighted by Gasteiger charge is -2.07. The zero-order chi connectivity index (χ0) is 12.8. The number of pyridine rings is 1. The van der Waals surface area contributed by atoms with Crippen LogP contribution in [0.3, 0.4) is 0 Å². The van der Waals surface area contributed by atoms with Gasteiger partial charge in [-0.25, -0.2) is 4.98 Å². The summed E-state index contributed by atoms with van der Waals surface area (Å²) < 4.78 is 5.59. The normalized spacial score (nSPS) is 10.7. The highest BCUT2D eigenvalue weighted by atomic mass is 16.5. The number of benzene rings is 1. The summed E-state index contributed by atoms with van der Waals surface area (Å²) in [6.07, 6.45) is 1.35. The van der Waals surface area contributed by atoms with Crippen LogP contribution in [0, 0.1) is 6.92 Å². The van der Waals surface area contributed by atoms with Gasteiger partial charge in [0, 0.05) is 11.6 Å². The Balaban J connectivity index is 2.04. The molecule has 4 nitrogen and oxygen atoms in total. The van der Waals surface area contributed by atoms with Gasteiger partial charge < -0.3 is 9.94 Å². The molecule has 0 aliphatic rings. The van der Waals surface area contributed by atoms with Crippen LogP contribution in [0.2, 0.25) is 0 Å². The lowest BCUT2D eigenvalue weighted by molar-refractivity contribution is 0.293. The van der Waals surface area contributed by atoms with Gasteiger partial charge in [-0.05, 0) is 18.6 Å². The topological polar surface area (TPSA) is 54.7 Å². The van der Waals surface area contributed by atoms with Crippen LogP contribution < -0.4 is 4.74 Å². The molecule has 0 spiro atoms. The first-order valence-corrected chi connectivity index (χ1v) is 5.61. The zero-order valence-electron chi connectivity index (χ0n) is 10.1. The second-order valence-corrected chi connectivity index (χ2v) is 3.84. The molecule has 18 heavy (non-hydrogen) atoms. The fourth-order valence-corrected chi connectivity index (χ4v) is 1.56. The molecule has 0 unspecified atom stereocenters. The maximum atomic E-state index is 8.48. The Hall–Kier alpha value is -2.36. The predicted molar refractivity (Wildman–Crippen MR) is 69.1 cm³/mol. The van der Waals surface area contributed by atoms with Gasteiger partial charge in [-0.3, -0.25) is 0 Å². The molecule has 1 heterocycles. The number of rotatable bonds is 4. The highest BCUT2D eigenvalue weighted by molar-refractivity contribution is 5.80. The molecule has 1 N–H and O–H groups in total. The molecule has 0 saturated heterocycles. The van der Waals surface area contributed by atoms with Gasteiger partial charge in [-0.2, -0.15) is 0 Å². The first kappa shape index (κ1) is 12.1. The average molecular weight is 242 g/mol. The van der Waals surface area contributed by atoms with Crippen LogP contribution in [0.25, 0.3) is 0 Å². The Bertz CT molecular complexity index is 539. The van der Waals surface area contributed by atoms with Crippen LogP contribution >= 0.6 is 0 Å². The van der Waals surface area contributed by atoms with Crippen molar-refractivity contribution >= 4 is 6.21 Å². The summed E-state index contributed by atoms with van der Waals surface area (Å²) in [6, 6.07) is 13.5. The van der Waals surface area contributed by atoms with Crippen molar-refractivity contribution in [3.05, 3.63) is 59.3 Å². The van der Waals surface area contributed by atoms with Crippen LogP contribution in [0.15, 0.2) is 47.6 Å². The zero-order valence-corrected chi connectivity index (χ0v) is 10.1. The molecule has 0 aliphatic carbocycles. The molecule has 0 radical (unpaired) electrons. The van der Waals surface area contributed by atoms with Gasteiger partial charge in [0.2, 0.25) is 5.88 Å². The molecular formula is C14H14N2O2. The van der Waals surface area contributed by atoms with E-state index in [4.69, 9.17) is 9.94 Å². The molecule has 1 aromatic heterocycles. The maximum Gasteiger partial charge on any atom is 0.213 e. The highest BCUT2D eigenvalue weighted by Crippen LogP contribution is 2.13. The van der Waals surface area contributed by atoms with Crippen molar-refractivity contribution in [3.63, 3.8) is 0 Å². The van der Waals surface area contributed by atoms with Crippen molar-refractivity contribution in [2.75, 3.05) is 0 Å². The summed E-state index contributed by atoms with van der Waals surface area (Å²) >= 11 is 0. The number of hydrogen-bond acceptors (Lipinski definition) is 4. The SMILES string of the molecule is Cc1nc(OCc2ccccc2)ccc1C=NO. The summed E-state index contributed by atoms with van der Waals surface area (Å²) in [5.74, 6) is 0.562. The second kappa shape index (κ2) is 5.82. The van der Waals surface area contributed by atoms with E-state index in [1.165, 1.54) is 6.21 Å². The molecule has 92 valence electrons. The Labute approximate surface area is 106 Å². The van der Waals surface area contributed by atoms with Gasteiger partial charge in [0.1, 0.15) is 6.61 Å².